The Morgan fingerprint density at radius 2 is 2.33 bits per heavy atom. The molecule has 1 aromatic rings. The van der Waals surface area contributed by atoms with Crippen LogP contribution < -0.4 is 5.73 Å². The zero-order valence-corrected chi connectivity index (χ0v) is 5.87. The number of primary amides is 1. The minimum atomic E-state index is -0.339. The summed E-state index contributed by atoms with van der Waals surface area (Å²) in [5, 5.41) is 3.66. The van der Waals surface area contributed by atoms with Gasteiger partial charge in [0.15, 0.2) is 0 Å². The van der Waals surface area contributed by atoms with Crippen LogP contribution >= 0.6 is 11.3 Å². The number of rotatable bonds is 1. The second kappa shape index (κ2) is 2.19. The molecule has 0 spiro atoms. The molecule has 2 nitrogen and oxygen atoms in total. The minimum Gasteiger partial charge on any atom is -0.366 e. The molecule has 0 saturated carbocycles. The van der Waals surface area contributed by atoms with Gasteiger partial charge in [-0.15, -0.1) is 0 Å². The van der Waals surface area contributed by atoms with E-state index in [1.165, 1.54) is 11.3 Å². The molecule has 0 unspecified atom stereocenters. The quantitative estimate of drug-likeness (QED) is 0.626. The molecule has 0 saturated heterocycles. The third-order valence-electron chi connectivity index (χ3n) is 1.12. The van der Waals surface area contributed by atoms with Gasteiger partial charge in [-0.2, -0.15) is 11.3 Å². The Bertz CT molecular complexity index is 229. The van der Waals surface area contributed by atoms with Gasteiger partial charge in [0.05, 0.1) is 5.56 Å². The molecule has 48 valence electrons. The van der Waals surface area contributed by atoms with Crippen LogP contribution in [0.1, 0.15) is 15.9 Å². The molecule has 0 fully saturated rings. The number of hydrogen-bond donors (Lipinski definition) is 1. The van der Waals surface area contributed by atoms with Crippen LogP contribution in [-0.4, -0.2) is 5.91 Å². The summed E-state index contributed by atoms with van der Waals surface area (Å²) >= 11 is 1.49. The van der Waals surface area contributed by atoms with Crippen molar-refractivity contribution in [1.82, 2.24) is 0 Å². The Morgan fingerprint density at radius 1 is 1.67 bits per heavy atom. The van der Waals surface area contributed by atoms with Gasteiger partial charge in [-0.25, -0.2) is 0 Å². The Morgan fingerprint density at radius 3 is 2.56 bits per heavy atom. The first-order chi connectivity index (χ1) is 4.22. The SMILES string of the molecule is Cc1cscc1C(N)=O. The van der Waals surface area contributed by atoms with E-state index in [0.29, 0.717) is 5.56 Å². The molecule has 1 amide bonds. The third-order valence-corrected chi connectivity index (χ3v) is 1.98. The molecular formula is C6H7NOS. The zero-order chi connectivity index (χ0) is 6.85. The van der Waals surface area contributed by atoms with Crippen LogP contribution in [0.2, 0.25) is 0 Å². The summed E-state index contributed by atoms with van der Waals surface area (Å²) in [6.07, 6.45) is 0. The van der Waals surface area contributed by atoms with Crippen molar-refractivity contribution in [3.05, 3.63) is 21.9 Å². The summed E-state index contributed by atoms with van der Waals surface area (Å²) < 4.78 is 0. The third kappa shape index (κ3) is 1.10. The van der Waals surface area contributed by atoms with Gasteiger partial charge in [0.1, 0.15) is 0 Å². The molecule has 1 rings (SSSR count). The van der Waals surface area contributed by atoms with Crippen LogP contribution in [0.3, 0.4) is 0 Å². The molecule has 0 bridgehead atoms. The number of carbonyl (C=O) groups is 1. The van der Waals surface area contributed by atoms with Crippen molar-refractivity contribution in [3.63, 3.8) is 0 Å². The van der Waals surface area contributed by atoms with Crippen molar-refractivity contribution >= 4 is 17.2 Å². The van der Waals surface area contributed by atoms with Crippen molar-refractivity contribution < 1.29 is 4.79 Å². The molecule has 9 heavy (non-hydrogen) atoms. The standard InChI is InChI=1S/C6H7NOS/c1-4-2-9-3-5(4)6(7)8/h2-3H,1H3,(H2,7,8). The van der Waals surface area contributed by atoms with Crippen LogP contribution in [0.4, 0.5) is 0 Å². The second-order valence-corrected chi connectivity index (χ2v) is 2.58. The van der Waals surface area contributed by atoms with Gasteiger partial charge in [0.2, 0.25) is 5.91 Å². The first kappa shape index (κ1) is 6.29. The Labute approximate surface area is 57.3 Å². The van der Waals surface area contributed by atoms with E-state index in [9.17, 15) is 4.79 Å². The maximum Gasteiger partial charge on any atom is 0.249 e. The maximum absolute atomic E-state index is 10.5. The summed E-state index contributed by atoms with van der Waals surface area (Å²) in [7, 11) is 0. The number of aryl methyl sites for hydroxylation is 1. The van der Waals surface area contributed by atoms with Crippen molar-refractivity contribution in [2.45, 2.75) is 6.92 Å². The summed E-state index contributed by atoms with van der Waals surface area (Å²) in [6.45, 7) is 1.87. The van der Waals surface area contributed by atoms with Crippen LogP contribution in [0, 0.1) is 6.92 Å². The lowest BCUT2D eigenvalue weighted by Gasteiger charge is -1.87. The first-order valence-corrected chi connectivity index (χ1v) is 3.48. The van der Waals surface area contributed by atoms with Crippen LogP contribution in [-0.2, 0) is 0 Å². The minimum absolute atomic E-state index is 0.339. The van der Waals surface area contributed by atoms with E-state index in [-0.39, 0.29) is 5.91 Å². The number of amides is 1. The smallest absolute Gasteiger partial charge is 0.249 e. The summed E-state index contributed by atoms with van der Waals surface area (Å²) in [5.41, 5.74) is 6.63. The van der Waals surface area contributed by atoms with E-state index in [2.05, 4.69) is 0 Å². The molecule has 0 aliphatic carbocycles. The highest BCUT2D eigenvalue weighted by atomic mass is 32.1. The fourth-order valence-corrected chi connectivity index (χ4v) is 1.45. The Balaban J connectivity index is 3.08. The lowest BCUT2D eigenvalue weighted by Crippen LogP contribution is -2.10. The molecule has 2 N–H and O–H groups in total. The van der Waals surface area contributed by atoms with Crippen LogP contribution in [0.25, 0.3) is 0 Å². The highest BCUT2D eigenvalue weighted by molar-refractivity contribution is 7.08. The molecule has 0 radical (unpaired) electrons. The van der Waals surface area contributed by atoms with E-state index >= 15 is 0 Å². The van der Waals surface area contributed by atoms with Gasteiger partial charge < -0.3 is 5.73 Å². The van der Waals surface area contributed by atoms with Gasteiger partial charge in [0.25, 0.3) is 0 Å². The monoisotopic (exact) mass is 141 g/mol. The van der Waals surface area contributed by atoms with Gasteiger partial charge in [-0.05, 0) is 17.9 Å². The number of carbonyl (C=O) groups excluding carboxylic acids is 1. The van der Waals surface area contributed by atoms with E-state index in [1.54, 1.807) is 5.38 Å². The van der Waals surface area contributed by atoms with Gasteiger partial charge in [-0.3, -0.25) is 4.79 Å². The maximum atomic E-state index is 10.5. The predicted molar refractivity (Wildman–Crippen MR) is 37.6 cm³/mol. The molecule has 0 atom stereocenters. The first-order valence-electron chi connectivity index (χ1n) is 2.54. The van der Waals surface area contributed by atoms with Crippen molar-refractivity contribution in [1.29, 1.82) is 0 Å². The van der Waals surface area contributed by atoms with Gasteiger partial charge >= 0.3 is 0 Å². The number of thiophene rings is 1. The fourth-order valence-electron chi connectivity index (χ4n) is 0.613. The average molecular weight is 141 g/mol. The van der Waals surface area contributed by atoms with Crippen LogP contribution in [0.5, 0.6) is 0 Å². The fraction of sp³-hybridized carbons (Fsp3) is 0.167. The van der Waals surface area contributed by atoms with E-state index in [0.717, 1.165) is 5.56 Å². The van der Waals surface area contributed by atoms with Gasteiger partial charge in [0, 0.05) is 5.38 Å². The molecule has 0 aliphatic rings. The zero-order valence-electron chi connectivity index (χ0n) is 5.05. The topological polar surface area (TPSA) is 43.1 Å². The van der Waals surface area contributed by atoms with Crippen molar-refractivity contribution in [3.8, 4) is 0 Å². The van der Waals surface area contributed by atoms with E-state index in [4.69, 9.17) is 5.73 Å². The summed E-state index contributed by atoms with van der Waals surface area (Å²) in [4.78, 5) is 10.5. The lowest BCUT2D eigenvalue weighted by atomic mass is 10.2. The molecular weight excluding hydrogens is 134 g/mol. The van der Waals surface area contributed by atoms with Crippen molar-refractivity contribution in [2.75, 3.05) is 0 Å². The average Bonchev–Trinajstić information content (AvgIpc) is 2.13. The number of nitrogens with two attached hydrogens (primary N) is 1. The Kier molecular flexibility index (Phi) is 1.53. The highest BCUT2D eigenvalue weighted by Gasteiger charge is 2.02. The predicted octanol–water partition coefficient (Wildman–Crippen LogP) is 1.16. The molecule has 0 aliphatic heterocycles. The van der Waals surface area contributed by atoms with Gasteiger partial charge in [-0.1, -0.05) is 0 Å². The summed E-state index contributed by atoms with van der Waals surface area (Å²) in [5.74, 6) is -0.339. The molecule has 1 aromatic heterocycles. The van der Waals surface area contributed by atoms with E-state index < -0.39 is 0 Å². The largest absolute Gasteiger partial charge is 0.366 e. The molecule has 1 heterocycles. The normalized spacial score (nSPS) is 9.44. The second-order valence-electron chi connectivity index (χ2n) is 1.83. The molecule has 3 heteroatoms. The molecule has 0 aromatic carbocycles. The van der Waals surface area contributed by atoms with Crippen LogP contribution in [0.15, 0.2) is 10.8 Å². The van der Waals surface area contributed by atoms with E-state index in [1.807, 2.05) is 12.3 Å². The number of hydrogen-bond acceptors (Lipinski definition) is 2. The summed E-state index contributed by atoms with van der Waals surface area (Å²) in [6, 6.07) is 0. The Hall–Kier alpha value is -0.830. The lowest BCUT2D eigenvalue weighted by molar-refractivity contribution is 0.1000. The van der Waals surface area contributed by atoms with Crippen molar-refractivity contribution in [2.24, 2.45) is 5.73 Å². The highest BCUT2D eigenvalue weighted by Crippen LogP contribution is 2.11.